The molecule has 2 atom stereocenters. The summed E-state index contributed by atoms with van der Waals surface area (Å²) < 4.78 is 0. The van der Waals surface area contributed by atoms with Crippen LogP contribution in [0.3, 0.4) is 0 Å². The third-order valence-corrected chi connectivity index (χ3v) is 3.69. The predicted octanol–water partition coefficient (Wildman–Crippen LogP) is 1.62. The van der Waals surface area contributed by atoms with Crippen LogP contribution in [0.5, 0.6) is 0 Å². The highest BCUT2D eigenvalue weighted by molar-refractivity contribution is 6.30. The minimum atomic E-state index is -0.485. The molecule has 1 aliphatic rings. The van der Waals surface area contributed by atoms with Gasteiger partial charge < -0.3 is 10.0 Å². The van der Waals surface area contributed by atoms with Crippen LogP contribution in [0.4, 0.5) is 0 Å². The molecule has 0 aromatic heterocycles. The third-order valence-electron chi connectivity index (χ3n) is 3.45. The van der Waals surface area contributed by atoms with Gasteiger partial charge in [-0.05, 0) is 31.8 Å². The second-order valence-electron chi connectivity index (χ2n) is 4.81. The minimum absolute atomic E-state index is 0.132. The molecule has 1 aromatic rings. The van der Waals surface area contributed by atoms with Gasteiger partial charge in [-0.3, -0.25) is 4.90 Å². The quantitative estimate of drug-likeness (QED) is 0.869. The zero-order valence-corrected chi connectivity index (χ0v) is 11.1. The van der Waals surface area contributed by atoms with Crippen molar-refractivity contribution in [3.63, 3.8) is 0 Å². The smallest absolute Gasteiger partial charge is 0.0958 e. The molecule has 0 radical (unpaired) electrons. The van der Waals surface area contributed by atoms with Crippen molar-refractivity contribution in [2.75, 3.05) is 33.7 Å². The fourth-order valence-electron chi connectivity index (χ4n) is 2.30. The number of aliphatic hydroxyl groups excluding tert-OH is 1. The highest BCUT2D eigenvalue weighted by atomic mass is 35.5. The van der Waals surface area contributed by atoms with Crippen LogP contribution in [0.25, 0.3) is 0 Å². The fourth-order valence-corrected chi connectivity index (χ4v) is 2.50. The molecule has 1 saturated heterocycles. The van der Waals surface area contributed by atoms with E-state index in [9.17, 15) is 5.11 Å². The first-order valence-corrected chi connectivity index (χ1v) is 6.28. The zero-order chi connectivity index (χ0) is 12.4. The number of nitrogens with zero attached hydrogens (tertiary/aromatic N) is 2. The fraction of sp³-hybridized carbons (Fsp3) is 0.538. The van der Waals surface area contributed by atoms with Crippen molar-refractivity contribution in [1.82, 2.24) is 9.80 Å². The molecule has 1 heterocycles. The van der Waals surface area contributed by atoms with E-state index in [1.54, 1.807) is 0 Å². The second-order valence-corrected chi connectivity index (χ2v) is 5.25. The van der Waals surface area contributed by atoms with Crippen LogP contribution < -0.4 is 0 Å². The standard InChI is InChI=1S/C13H19ClN2O/c1-15-6-7-16(2)12(9-15)13(17)10-4-3-5-11(14)8-10/h3-5,8,12-13,17H,6-7,9H2,1-2H3. The molecule has 0 spiro atoms. The first-order chi connectivity index (χ1) is 8.08. The maximum Gasteiger partial charge on any atom is 0.0958 e. The van der Waals surface area contributed by atoms with Gasteiger partial charge in [0.25, 0.3) is 0 Å². The molecule has 1 aliphatic heterocycles. The Morgan fingerprint density at radius 2 is 2.12 bits per heavy atom. The van der Waals surface area contributed by atoms with E-state index in [1.807, 2.05) is 24.3 Å². The van der Waals surface area contributed by atoms with Crippen LogP contribution in [-0.2, 0) is 0 Å². The number of aliphatic hydroxyl groups is 1. The lowest BCUT2D eigenvalue weighted by atomic mass is 9.99. The number of rotatable bonds is 2. The summed E-state index contributed by atoms with van der Waals surface area (Å²) >= 11 is 5.96. The zero-order valence-electron chi connectivity index (χ0n) is 10.3. The van der Waals surface area contributed by atoms with Crippen LogP contribution in [-0.4, -0.2) is 54.7 Å². The van der Waals surface area contributed by atoms with E-state index in [4.69, 9.17) is 11.6 Å². The summed E-state index contributed by atoms with van der Waals surface area (Å²) in [6.07, 6.45) is -0.485. The van der Waals surface area contributed by atoms with E-state index in [0.717, 1.165) is 25.2 Å². The topological polar surface area (TPSA) is 26.7 Å². The lowest BCUT2D eigenvalue weighted by Gasteiger charge is -2.40. The van der Waals surface area contributed by atoms with Crippen molar-refractivity contribution in [1.29, 1.82) is 0 Å². The van der Waals surface area contributed by atoms with Gasteiger partial charge in [-0.25, -0.2) is 0 Å². The van der Waals surface area contributed by atoms with Crippen LogP contribution >= 0.6 is 11.6 Å². The van der Waals surface area contributed by atoms with Gasteiger partial charge in [0.1, 0.15) is 0 Å². The SMILES string of the molecule is CN1CCN(C)C(C(O)c2cccc(Cl)c2)C1. The van der Waals surface area contributed by atoms with Gasteiger partial charge in [-0.15, -0.1) is 0 Å². The van der Waals surface area contributed by atoms with Crippen molar-refractivity contribution in [3.05, 3.63) is 34.9 Å². The number of hydrogen-bond donors (Lipinski definition) is 1. The largest absolute Gasteiger partial charge is 0.387 e. The molecule has 0 saturated carbocycles. The summed E-state index contributed by atoms with van der Waals surface area (Å²) in [5.41, 5.74) is 0.893. The molecular formula is C13H19ClN2O. The van der Waals surface area contributed by atoms with E-state index in [0.29, 0.717) is 5.02 Å². The van der Waals surface area contributed by atoms with Crippen LogP contribution in [0.15, 0.2) is 24.3 Å². The van der Waals surface area contributed by atoms with E-state index in [2.05, 4.69) is 23.9 Å². The lowest BCUT2D eigenvalue weighted by molar-refractivity contribution is 0.0138. The van der Waals surface area contributed by atoms with Crippen LogP contribution in [0, 0.1) is 0 Å². The molecule has 94 valence electrons. The molecular weight excluding hydrogens is 236 g/mol. The normalized spacial score (nSPS) is 24.8. The highest BCUT2D eigenvalue weighted by Crippen LogP contribution is 2.25. The average Bonchev–Trinajstić information content (AvgIpc) is 2.31. The van der Waals surface area contributed by atoms with Gasteiger partial charge in [-0.2, -0.15) is 0 Å². The van der Waals surface area contributed by atoms with E-state index >= 15 is 0 Å². The van der Waals surface area contributed by atoms with Gasteiger partial charge in [0.05, 0.1) is 12.1 Å². The minimum Gasteiger partial charge on any atom is -0.387 e. The number of benzene rings is 1. The Bertz CT molecular complexity index is 385. The number of hydrogen-bond acceptors (Lipinski definition) is 3. The van der Waals surface area contributed by atoms with E-state index in [-0.39, 0.29) is 6.04 Å². The maximum absolute atomic E-state index is 10.4. The summed E-state index contributed by atoms with van der Waals surface area (Å²) in [5, 5.41) is 11.1. The average molecular weight is 255 g/mol. The molecule has 1 fully saturated rings. The van der Waals surface area contributed by atoms with Crippen molar-refractivity contribution >= 4 is 11.6 Å². The third kappa shape index (κ3) is 2.99. The molecule has 0 bridgehead atoms. The van der Waals surface area contributed by atoms with E-state index in [1.165, 1.54) is 0 Å². The van der Waals surface area contributed by atoms with Crippen molar-refractivity contribution in [3.8, 4) is 0 Å². The molecule has 2 rings (SSSR count). The summed E-state index contributed by atoms with van der Waals surface area (Å²) in [5.74, 6) is 0. The molecule has 1 N–H and O–H groups in total. The Kier molecular flexibility index (Phi) is 4.05. The Labute approximate surface area is 108 Å². The predicted molar refractivity (Wildman–Crippen MR) is 70.3 cm³/mol. The summed E-state index contributed by atoms with van der Waals surface area (Å²) in [7, 11) is 4.15. The molecule has 17 heavy (non-hydrogen) atoms. The molecule has 2 unspecified atom stereocenters. The number of likely N-dealkylation sites (N-methyl/N-ethyl adjacent to an activating group) is 2. The van der Waals surface area contributed by atoms with Crippen molar-refractivity contribution in [2.24, 2.45) is 0 Å². The first kappa shape index (κ1) is 12.8. The summed E-state index contributed by atoms with van der Waals surface area (Å²) in [4.78, 5) is 4.46. The summed E-state index contributed by atoms with van der Waals surface area (Å²) in [6, 6.07) is 7.61. The Hall–Kier alpha value is -0.610. The van der Waals surface area contributed by atoms with E-state index < -0.39 is 6.10 Å². The van der Waals surface area contributed by atoms with Gasteiger partial charge in [0, 0.05) is 24.7 Å². The monoisotopic (exact) mass is 254 g/mol. The number of piperazine rings is 1. The van der Waals surface area contributed by atoms with Gasteiger partial charge in [0.2, 0.25) is 0 Å². The van der Waals surface area contributed by atoms with Crippen LogP contribution in [0.2, 0.25) is 5.02 Å². The Morgan fingerprint density at radius 1 is 1.35 bits per heavy atom. The maximum atomic E-state index is 10.4. The van der Waals surface area contributed by atoms with Crippen molar-refractivity contribution < 1.29 is 5.11 Å². The molecule has 3 nitrogen and oxygen atoms in total. The second kappa shape index (κ2) is 5.36. The lowest BCUT2D eigenvalue weighted by Crippen LogP contribution is -2.52. The molecule has 0 aliphatic carbocycles. The summed E-state index contributed by atoms with van der Waals surface area (Å²) in [6.45, 7) is 2.91. The van der Waals surface area contributed by atoms with Gasteiger partial charge in [-0.1, -0.05) is 23.7 Å². The highest BCUT2D eigenvalue weighted by Gasteiger charge is 2.29. The van der Waals surface area contributed by atoms with Gasteiger partial charge in [0.15, 0.2) is 0 Å². The first-order valence-electron chi connectivity index (χ1n) is 5.90. The Morgan fingerprint density at radius 3 is 2.82 bits per heavy atom. The molecule has 1 aromatic carbocycles. The molecule has 4 heteroatoms. The van der Waals surface area contributed by atoms with Crippen LogP contribution in [0.1, 0.15) is 11.7 Å². The van der Waals surface area contributed by atoms with Crippen molar-refractivity contribution in [2.45, 2.75) is 12.1 Å². The molecule has 0 amide bonds. The Balaban J connectivity index is 2.15. The van der Waals surface area contributed by atoms with Gasteiger partial charge >= 0.3 is 0 Å². The number of halogens is 1.